The minimum Gasteiger partial charge on any atom is -0.451 e. The van der Waals surface area contributed by atoms with Gasteiger partial charge in [0.15, 0.2) is 9.59 Å². The molecule has 20 heavy (non-hydrogen) atoms. The van der Waals surface area contributed by atoms with Crippen LogP contribution in [0.4, 0.5) is 0 Å². The van der Waals surface area contributed by atoms with Crippen LogP contribution in [0.2, 0.25) is 0 Å². The van der Waals surface area contributed by atoms with Gasteiger partial charge < -0.3 is 14.3 Å². The maximum absolute atomic E-state index is 5.44. The van der Waals surface area contributed by atoms with Crippen molar-refractivity contribution in [2.24, 2.45) is 0 Å². The summed E-state index contributed by atoms with van der Waals surface area (Å²) in [5.74, 6) is 1.98. The molecule has 0 aliphatic carbocycles. The van der Waals surface area contributed by atoms with Crippen molar-refractivity contribution in [3.8, 4) is 0 Å². The van der Waals surface area contributed by atoms with Gasteiger partial charge in [-0.2, -0.15) is 4.98 Å². The van der Waals surface area contributed by atoms with E-state index in [-0.39, 0.29) is 6.04 Å². The Hall–Kier alpha value is -1.19. The maximum Gasteiger partial charge on any atom is 0.250 e. The second-order valence-corrected chi connectivity index (χ2v) is 5.73. The summed E-state index contributed by atoms with van der Waals surface area (Å²) in [6.07, 6.45) is 3.59. The summed E-state index contributed by atoms with van der Waals surface area (Å²) < 4.78 is 11.5. The lowest BCUT2D eigenvalue weighted by Gasteiger charge is -2.30. The third kappa shape index (κ3) is 3.10. The van der Waals surface area contributed by atoms with Crippen molar-refractivity contribution < 1.29 is 8.94 Å². The Bertz CT molecular complexity index is 607. The van der Waals surface area contributed by atoms with E-state index in [1.165, 1.54) is 0 Å². The van der Waals surface area contributed by atoms with Crippen molar-refractivity contribution in [2.45, 2.75) is 6.04 Å². The van der Waals surface area contributed by atoms with Crippen molar-refractivity contribution in [1.82, 2.24) is 20.4 Å². The molecule has 7 heteroatoms. The molecular weight excluding hydrogens is 371 g/mol. The number of nitrogens with one attached hydrogen (secondary N) is 1. The molecule has 1 N–H and O–H groups in total. The Balaban J connectivity index is 1.71. The largest absolute Gasteiger partial charge is 0.451 e. The highest BCUT2D eigenvalue weighted by molar-refractivity contribution is 14.1. The third-order valence-corrected chi connectivity index (χ3v) is 3.83. The van der Waals surface area contributed by atoms with Gasteiger partial charge in [0.25, 0.3) is 5.89 Å². The van der Waals surface area contributed by atoms with Gasteiger partial charge in [0, 0.05) is 25.7 Å². The number of nitrogens with zero attached hydrogens (tertiary/aromatic N) is 3. The summed E-state index contributed by atoms with van der Waals surface area (Å²) in [6.45, 7) is 2.82. The van der Waals surface area contributed by atoms with E-state index in [4.69, 9.17) is 8.94 Å². The van der Waals surface area contributed by atoms with Crippen LogP contribution in [0.25, 0.3) is 12.2 Å². The fourth-order valence-electron chi connectivity index (χ4n) is 2.12. The van der Waals surface area contributed by atoms with Crippen molar-refractivity contribution >= 4 is 34.7 Å². The number of aromatic nitrogens is 2. The summed E-state index contributed by atoms with van der Waals surface area (Å²) in [4.78, 5) is 6.64. The van der Waals surface area contributed by atoms with E-state index in [1.54, 1.807) is 6.08 Å². The van der Waals surface area contributed by atoms with Crippen LogP contribution in [0.15, 0.2) is 21.1 Å². The monoisotopic (exact) mass is 386 g/mol. The summed E-state index contributed by atoms with van der Waals surface area (Å²) in [6, 6.07) is 3.97. The zero-order chi connectivity index (χ0) is 13.9. The van der Waals surface area contributed by atoms with Gasteiger partial charge in [0.2, 0.25) is 0 Å². The Morgan fingerprint density at radius 2 is 2.35 bits per heavy atom. The van der Waals surface area contributed by atoms with Gasteiger partial charge in [0.05, 0.1) is 6.04 Å². The minimum absolute atomic E-state index is 0.166. The highest BCUT2D eigenvalue weighted by atomic mass is 127. The number of hydrogen-bond acceptors (Lipinski definition) is 6. The van der Waals surface area contributed by atoms with Gasteiger partial charge in [-0.05, 0) is 47.8 Å². The summed E-state index contributed by atoms with van der Waals surface area (Å²) in [5, 5.41) is 7.39. The number of hydrogen-bond donors (Lipinski definition) is 1. The fraction of sp³-hybridized carbons (Fsp3) is 0.385. The molecule has 2 aromatic heterocycles. The maximum atomic E-state index is 5.44. The third-order valence-electron chi connectivity index (χ3n) is 3.25. The predicted octanol–water partition coefficient (Wildman–Crippen LogP) is 2.01. The number of furan rings is 1. The van der Waals surface area contributed by atoms with Crippen molar-refractivity contribution in [1.29, 1.82) is 0 Å². The van der Waals surface area contributed by atoms with E-state index in [2.05, 4.69) is 50.0 Å². The SMILES string of the molecule is CN1CCNCC1c1noc(/C=C/c2ccc(I)o2)n1. The lowest BCUT2D eigenvalue weighted by Crippen LogP contribution is -2.44. The van der Waals surface area contributed by atoms with Gasteiger partial charge in [-0.3, -0.25) is 4.90 Å². The summed E-state index contributed by atoms with van der Waals surface area (Å²) in [7, 11) is 2.07. The van der Waals surface area contributed by atoms with E-state index in [0.717, 1.165) is 29.2 Å². The van der Waals surface area contributed by atoms with Crippen molar-refractivity contribution in [2.75, 3.05) is 26.7 Å². The first-order valence-electron chi connectivity index (χ1n) is 6.40. The molecule has 0 spiro atoms. The van der Waals surface area contributed by atoms with Crippen LogP contribution in [0.1, 0.15) is 23.5 Å². The molecule has 1 atom stereocenters. The van der Waals surface area contributed by atoms with Crippen LogP contribution in [-0.2, 0) is 0 Å². The van der Waals surface area contributed by atoms with E-state index >= 15 is 0 Å². The molecular formula is C13H15IN4O2. The molecule has 6 nitrogen and oxygen atoms in total. The first-order chi connectivity index (χ1) is 9.72. The highest BCUT2D eigenvalue weighted by Gasteiger charge is 2.24. The van der Waals surface area contributed by atoms with Gasteiger partial charge in [-0.1, -0.05) is 5.16 Å². The molecule has 3 rings (SSSR count). The topological polar surface area (TPSA) is 67.3 Å². The molecule has 106 valence electrons. The molecule has 1 aliphatic rings. The standard InChI is InChI=1S/C13H15IN4O2/c1-18-7-6-15-8-10(18)13-16-12(20-17-13)5-3-9-2-4-11(14)19-9/h2-5,10,15H,6-8H2,1H3/b5-3+. The van der Waals surface area contributed by atoms with Crippen LogP contribution in [0.5, 0.6) is 0 Å². The molecule has 1 unspecified atom stereocenters. The molecule has 0 bridgehead atoms. The predicted molar refractivity (Wildman–Crippen MR) is 82.9 cm³/mol. The highest BCUT2D eigenvalue weighted by Crippen LogP contribution is 2.18. The Morgan fingerprint density at radius 3 is 3.10 bits per heavy atom. The molecule has 1 aliphatic heterocycles. The van der Waals surface area contributed by atoms with Crippen molar-refractivity contribution in [3.63, 3.8) is 0 Å². The second kappa shape index (κ2) is 6.06. The molecule has 0 radical (unpaired) electrons. The summed E-state index contributed by atoms with van der Waals surface area (Å²) in [5.41, 5.74) is 0. The lowest BCUT2D eigenvalue weighted by atomic mass is 10.2. The number of likely N-dealkylation sites (N-methyl/N-ethyl adjacent to an activating group) is 1. The Kier molecular flexibility index (Phi) is 4.18. The summed E-state index contributed by atoms with van der Waals surface area (Å²) >= 11 is 2.13. The van der Waals surface area contributed by atoms with Gasteiger partial charge in [-0.15, -0.1) is 0 Å². The molecule has 0 aromatic carbocycles. The van der Waals surface area contributed by atoms with E-state index < -0.39 is 0 Å². The fourth-order valence-corrected chi connectivity index (χ4v) is 2.55. The first-order valence-corrected chi connectivity index (χ1v) is 7.48. The first kappa shape index (κ1) is 13.8. The molecule has 0 amide bonds. The Morgan fingerprint density at radius 1 is 1.45 bits per heavy atom. The number of rotatable bonds is 3. The molecule has 1 saturated heterocycles. The van der Waals surface area contributed by atoms with E-state index in [1.807, 2.05) is 18.2 Å². The van der Waals surface area contributed by atoms with Crippen molar-refractivity contribution in [3.05, 3.63) is 33.4 Å². The van der Waals surface area contributed by atoms with Crippen LogP contribution < -0.4 is 5.32 Å². The molecule has 2 aromatic rings. The molecule has 3 heterocycles. The Labute approximate surface area is 130 Å². The second-order valence-electron chi connectivity index (χ2n) is 4.67. The number of piperazine rings is 1. The average molecular weight is 386 g/mol. The van der Waals surface area contributed by atoms with Crippen LogP contribution >= 0.6 is 22.6 Å². The molecule has 0 saturated carbocycles. The van der Waals surface area contributed by atoms with Crippen LogP contribution in [0.3, 0.4) is 0 Å². The molecule has 1 fully saturated rings. The smallest absolute Gasteiger partial charge is 0.250 e. The van der Waals surface area contributed by atoms with Gasteiger partial charge in [-0.25, -0.2) is 0 Å². The van der Waals surface area contributed by atoms with Gasteiger partial charge in [0.1, 0.15) is 5.76 Å². The van der Waals surface area contributed by atoms with Crippen LogP contribution in [0, 0.1) is 3.77 Å². The van der Waals surface area contributed by atoms with Crippen LogP contribution in [-0.4, -0.2) is 41.7 Å². The normalized spacial score (nSPS) is 20.8. The van der Waals surface area contributed by atoms with E-state index in [9.17, 15) is 0 Å². The minimum atomic E-state index is 0.166. The number of halogens is 1. The zero-order valence-electron chi connectivity index (χ0n) is 11.0. The average Bonchev–Trinajstić information content (AvgIpc) is 3.06. The van der Waals surface area contributed by atoms with Gasteiger partial charge >= 0.3 is 0 Å². The zero-order valence-corrected chi connectivity index (χ0v) is 13.2. The van der Waals surface area contributed by atoms with E-state index in [0.29, 0.717) is 11.7 Å². The quantitative estimate of drug-likeness (QED) is 0.815. The lowest BCUT2D eigenvalue weighted by molar-refractivity contribution is 0.190.